The first-order chi connectivity index (χ1) is 20.0. The van der Waals surface area contributed by atoms with E-state index in [1.165, 1.54) is 80.0 Å². The number of benzene rings is 2. The van der Waals surface area contributed by atoms with Crippen molar-refractivity contribution in [1.82, 2.24) is 10.6 Å². The van der Waals surface area contributed by atoms with Crippen LogP contribution in [0.2, 0.25) is 0 Å². The van der Waals surface area contributed by atoms with Crippen LogP contribution in [0, 0.1) is 0 Å². The Hall–Kier alpha value is -1.91. The fourth-order valence-electron chi connectivity index (χ4n) is 6.11. The van der Waals surface area contributed by atoms with Gasteiger partial charge in [0.05, 0.1) is 0 Å². The quantitative estimate of drug-likeness (QED) is 0.159. The van der Waals surface area contributed by atoms with Crippen molar-refractivity contribution < 1.29 is 4.74 Å². The van der Waals surface area contributed by atoms with E-state index in [9.17, 15) is 0 Å². The first-order valence-electron chi connectivity index (χ1n) is 16.9. The first kappa shape index (κ1) is 34.6. The Morgan fingerprint density at radius 1 is 0.762 bits per heavy atom. The Labute approximate surface area is 264 Å². The predicted octanol–water partition coefficient (Wildman–Crippen LogP) is 9.96. The van der Waals surface area contributed by atoms with Crippen LogP contribution in [-0.4, -0.2) is 30.4 Å². The highest BCUT2D eigenvalue weighted by molar-refractivity contribution is 7.80. The summed E-state index contributed by atoms with van der Waals surface area (Å²) in [6, 6.07) is 18.8. The zero-order valence-corrected chi connectivity index (χ0v) is 28.7. The zero-order valence-electron chi connectivity index (χ0n) is 27.9. The summed E-state index contributed by atoms with van der Waals surface area (Å²) in [6.07, 6.45) is 14.5. The number of rotatable bonds is 15. The van der Waals surface area contributed by atoms with Gasteiger partial charge in [0, 0.05) is 31.5 Å². The summed E-state index contributed by atoms with van der Waals surface area (Å²) in [7, 11) is 0. The standard InChI is InChI=1S/C38H60N2OS/c1-8-9-10-11-12-13-14-15-16-17-26-39-36(42)41-33-27-34(40-28-33)35(29-18-22-31(23-19-29)37(2,3)4)30-20-24-32(25-21-30)38(5,6)7/h18-25,33-35,40H,8-17,26-28H2,1-7H3,(H,39,42)/t33-,34-/m1/s1. The largest absolute Gasteiger partial charge is 0.466 e. The minimum absolute atomic E-state index is 0.0907. The molecule has 42 heavy (non-hydrogen) atoms. The third-order valence-corrected chi connectivity index (χ3v) is 9.11. The van der Waals surface area contributed by atoms with E-state index in [1.807, 2.05) is 0 Å². The molecular formula is C38H60N2OS. The number of unbranched alkanes of at least 4 members (excludes halogenated alkanes) is 9. The third-order valence-electron chi connectivity index (χ3n) is 8.87. The number of hydrogen-bond donors (Lipinski definition) is 2. The molecule has 0 aliphatic carbocycles. The smallest absolute Gasteiger partial charge is 0.256 e. The number of hydrogen-bond acceptors (Lipinski definition) is 3. The van der Waals surface area contributed by atoms with Gasteiger partial charge in [0.1, 0.15) is 6.10 Å². The van der Waals surface area contributed by atoms with Crippen LogP contribution in [0.1, 0.15) is 147 Å². The van der Waals surface area contributed by atoms with E-state index in [0.717, 1.165) is 25.9 Å². The predicted molar refractivity (Wildman–Crippen MR) is 186 cm³/mol. The van der Waals surface area contributed by atoms with E-state index < -0.39 is 0 Å². The third kappa shape index (κ3) is 11.3. The molecule has 4 heteroatoms. The van der Waals surface area contributed by atoms with Crippen LogP contribution in [0.4, 0.5) is 0 Å². The highest BCUT2D eigenvalue weighted by Gasteiger charge is 2.34. The molecule has 2 atom stereocenters. The minimum atomic E-state index is 0.0907. The van der Waals surface area contributed by atoms with Gasteiger partial charge in [0.15, 0.2) is 0 Å². The maximum absolute atomic E-state index is 6.24. The molecule has 0 spiro atoms. The average Bonchev–Trinajstić information content (AvgIpc) is 3.39. The lowest BCUT2D eigenvalue weighted by Gasteiger charge is -2.27. The molecule has 2 aromatic rings. The molecule has 1 aliphatic heterocycles. The SMILES string of the molecule is CCCCCCCCCCCCNC(=S)O[C@H]1CN[C@@H](C(c2ccc(C(C)(C)C)cc2)c2ccc(C(C)(C)C)cc2)C1. The van der Waals surface area contributed by atoms with Crippen molar-refractivity contribution in [1.29, 1.82) is 0 Å². The molecular weight excluding hydrogens is 532 g/mol. The van der Waals surface area contributed by atoms with Crippen LogP contribution >= 0.6 is 12.2 Å². The van der Waals surface area contributed by atoms with Crippen molar-refractivity contribution in [2.24, 2.45) is 0 Å². The van der Waals surface area contributed by atoms with Crippen molar-refractivity contribution in [3.63, 3.8) is 0 Å². The Balaban J connectivity index is 1.51. The Morgan fingerprint density at radius 3 is 1.67 bits per heavy atom. The summed E-state index contributed by atoms with van der Waals surface area (Å²) in [4.78, 5) is 0. The van der Waals surface area contributed by atoms with Crippen molar-refractivity contribution >= 4 is 17.4 Å². The minimum Gasteiger partial charge on any atom is -0.466 e. The van der Waals surface area contributed by atoms with E-state index >= 15 is 0 Å². The van der Waals surface area contributed by atoms with Gasteiger partial charge < -0.3 is 15.4 Å². The first-order valence-corrected chi connectivity index (χ1v) is 17.3. The molecule has 0 radical (unpaired) electrons. The van der Waals surface area contributed by atoms with E-state index in [4.69, 9.17) is 17.0 Å². The van der Waals surface area contributed by atoms with E-state index in [-0.39, 0.29) is 22.9 Å². The molecule has 234 valence electrons. The number of ether oxygens (including phenoxy) is 1. The monoisotopic (exact) mass is 592 g/mol. The highest BCUT2D eigenvalue weighted by Crippen LogP contribution is 2.35. The summed E-state index contributed by atoms with van der Waals surface area (Å²) in [5, 5.41) is 7.72. The fraction of sp³-hybridized carbons (Fsp3) is 0.658. The lowest BCUT2D eigenvalue weighted by atomic mass is 9.80. The van der Waals surface area contributed by atoms with Crippen LogP contribution in [0.3, 0.4) is 0 Å². The molecule has 1 aliphatic rings. The second-order valence-corrected chi connectivity index (χ2v) is 15.0. The zero-order chi connectivity index (χ0) is 30.6. The van der Waals surface area contributed by atoms with Crippen LogP contribution in [0.25, 0.3) is 0 Å². The molecule has 1 fully saturated rings. The second kappa shape index (κ2) is 16.8. The van der Waals surface area contributed by atoms with Crippen LogP contribution in [0.15, 0.2) is 48.5 Å². The van der Waals surface area contributed by atoms with Crippen LogP contribution < -0.4 is 10.6 Å². The molecule has 3 nitrogen and oxygen atoms in total. The second-order valence-electron chi connectivity index (χ2n) is 14.6. The van der Waals surface area contributed by atoms with Crippen molar-refractivity contribution in [3.05, 3.63) is 70.8 Å². The van der Waals surface area contributed by atoms with Gasteiger partial charge in [-0.3, -0.25) is 0 Å². The molecule has 2 aromatic carbocycles. The average molecular weight is 593 g/mol. The Bertz CT molecular complexity index is 991. The Morgan fingerprint density at radius 2 is 1.21 bits per heavy atom. The molecule has 2 N–H and O–H groups in total. The number of nitrogens with one attached hydrogen (secondary N) is 2. The van der Waals surface area contributed by atoms with Gasteiger partial charge in [-0.15, -0.1) is 0 Å². The normalized spacial score (nSPS) is 17.5. The maximum atomic E-state index is 6.24. The fourth-order valence-corrected chi connectivity index (χ4v) is 6.35. The van der Waals surface area contributed by atoms with E-state index in [2.05, 4.69) is 108 Å². The summed E-state index contributed by atoms with van der Waals surface area (Å²) in [6.45, 7) is 17.7. The molecule has 0 amide bonds. The lowest BCUT2D eigenvalue weighted by molar-refractivity contribution is 0.201. The van der Waals surface area contributed by atoms with Crippen molar-refractivity contribution in [3.8, 4) is 0 Å². The van der Waals surface area contributed by atoms with E-state index in [0.29, 0.717) is 11.2 Å². The van der Waals surface area contributed by atoms with Crippen LogP contribution in [0.5, 0.6) is 0 Å². The molecule has 3 rings (SSSR count). The van der Waals surface area contributed by atoms with Gasteiger partial charge in [-0.25, -0.2) is 0 Å². The maximum Gasteiger partial charge on any atom is 0.256 e. The van der Waals surface area contributed by atoms with E-state index in [1.54, 1.807) is 0 Å². The highest BCUT2D eigenvalue weighted by atomic mass is 32.1. The summed E-state index contributed by atoms with van der Waals surface area (Å²) in [5.74, 6) is 0.259. The Kier molecular flexibility index (Phi) is 13.8. The van der Waals surface area contributed by atoms with Gasteiger partial charge >= 0.3 is 0 Å². The van der Waals surface area contributed by atoms with Crippen molar-refractivity contribution in [2.45, 2.75) is 148 Å². The summed E-state index contributed by atoms with van der Waals surface area (Å²) in [5.41, 5.74) is 5.73. The van der Waals surface area contributed by atoms with Gasteiger partial charge in [-0.1, -0.05) is 155 Å². The molecule has 0 unspecified atom stereocenters. The molecule has 0 bridgehead atoms. The summed E-state index contributed by atoms with van der Waals surface area (Å²) < 4.78 is 6.24. The molecule has 0 aromatic heterocycles. The lowest BCUT2D eigenvalue weighted by Crippen LogP contribution is -2.30. The molecule has 1 heterocycles. The van der Waals surface area contributed by atoms with Gasteiger partial charge in [-0.2, -0.15) is 0 Å². The number of thiocarbonyl (C=S) groups is 1. The van der Waals surface area contributed by atoms with Crippen LogP contribution in [-0.2, 0) is 15.6 Å². The summed E-state index contributed by atoms with van der Waals surface area (Å²) >= 11 is 5.59. The topological polar surface area (TPSA) is 33.3 Å². The van der Waals surface area contributed by atoms with Gasteiger partial charge in [-0.05, 0) is 51.7 Å². The molecule has 1 saturated heterocycles. The van der Waals surface area contributed by atoms with Crippen molar-refractivity contribution in [2.75, 3.05) is 13.1 Å². The van der Waals surface area contributed by atoms with Gasteiger partial charge in [0.25, 0.3) is 5.17 Å². The molecule has 0 saturated carbocycles. The van der Waals surface area contributed by atoms with Gasteiger partial charge in [0.2, 0.25) is 0 Å².